The molecule has 9 heteroatoms. The highest BCUT2D eigenvalue weighted by Crippen LogP contribution is 2.32. The number of hydrazone groups is 1. The molecule has 0 bridgehead atoms. The number of hydrogen-bond acceptors (Lipinski definition) is 5. The first-order chi connectivity index (χ1) is 17.7. The Kier molecular flexibility index (Phi) is 6.84. The summed E-state index contributed by atoms with van der Waals surface area (Å²) in [6.07, 6.45) is 3.89. The SMILES string of the molecule is Cc1ccc2c(CC(=O)N/N=C3\CCCc4oc(C(=O)Nc5ccc(Cl)cc5Cl)c(C)c43)coc2c1C. The van der Waals surface area contributed by atoms with Gasteiger partial charge in [0.05, 0.1) is 29.1 Å². The third-order valence-corrected chi connectivity index (χ3v) is 7.27. The van der Waals surface area contributed by atoms with Crippen molar-refractivity contribution in [2.45, 2.75) is 46.5 Å². The molecule has 2 N–H and O–H groups in total. The number of aryl methyl sites for hydroxylation is 3. The number of halogens is 2. The molecule has 4 aromatic rings. The molecule has 0 saturated carbocycles. The molecule has 0 spiro atoms. The number of anilines is 1. The van der Waals surface area contributed by atoms with E-state index < -0.39 is 5.91 Å². The van der Waals surface area contributed by atoms with Crippen LogP contribution in [0, 0.1) is 20.8 Å². The van der Waals surface area contributed by atoms with Crippen LogP contribution in [-0.2, 0) is 17.6 Å². The Morgan fingerprint density at radius 1 is 1.05 bits per heavy atom. The summed E-state index contributed by atoms with van der Waals surface area (Å²) < 4.78 is 11.7. The van der Waals surface area contributed by atoms with Gasteiger partial charge in [-0.25, -0.2) is 5.43 Å². The second-order valence-corrected chi connectivity index (χ2v) is 10.0. The molecule has 190 valence electrons. The lowest BCUT2D eigenvalue weighted by Gasteiger charge is -2.13. The van der Waals surface area contributed by atoms with Gasteiger partial charge in [-0.3, -0.25) is 9.59 Å². The minimum Gasteiger partial charge on any atom is -0.464 e. The molecular formula is C28H25Cl2N3O4. The van der Waals surface area contributed by atoms with Crippen LogP contribution in [0.1, 0.15) is 57.0 Å². The van der Waals surface area contributed by atoms with Crippen LogP contribution >= 0.6 is 23.2 Å². The van der Waals surface area contributed by atoms with Crippen molar-refractivity contribution in [1.29, 1.82) is 0 Å². The smallest absolute Gasteiger partial charge is 0.291 e. The number of nitrogens with one attached hydrogen (secondary N) is 2. The van der Waals surface area contributed by atoms with Gasteiger partial charge in [0.25, 0.3) is 5.91 Å². The zero-order valence-electron chi connectivity index (χ0n) is 20.6. The van der Waals surface area contributed by atoms with Gasteiger partial charge in [0.15, 0.2) is 5.76 Å². The van der Waals surface area contributed by atoms with Crippen LogP contribution in [0.2, 0.25) is 10.0 Å². The largest absolute Gasteiger partial charge is 0.464 e. The fourth-order valence-corrected chi connectivity index (χ4v) is 5.09. The van der Waals surface area contributed by atoms with Gasteiger partial charge in [0, 0.05) is 33.5 Å². The van der Waals surface area contributed by atoms with Gasteiger partial charge in [-0.05, 0) is 62.9 Å². The molecule has 0 aliphatic heterocycles. The number of carbonyl (C=O) groups excluding carboxylic acids is 2. The molecule has 2 amide bonds. The van der Waals surface area contributed by atoms with Gasteiger partial charge < -0.3 is 14.2 Å². The first kappa shape index (κ1) is 25.1. The molecule has 1 aliphatic carbocycles. The summed E-state index contributed by atoms with van der Waals surface area (Å²) in [5.41, 5.74) is 9.02. The van der Waals surface area contributed by atoms with Gasteiger partial charge in [0.2, 0.25) is 5.91 Å². The summed E-state index contributed by atoms with van der Waals surface area (Å²) in [6, 6.07) is 8.83. The quantitative estimate of drug-likeness (QED) is 0.270. The molecular weight excluding hydrogens is 513 g/mol. The average molecular weight is 538 g/mol. The first-order valence-electron chi connectivity index (χ1n) is 11.9. The topological polar surface area (TPSA) is 96.8 Å². The molecule has 7 nitrogen and oxygen atoms in total. The molecule has 0 saturated heterocycles. The van der Waals surface area contributed by atoms with Crippen molar-refractivity contribution in [2.75, 3.05) is 5.32 Å². The van der Waals surface area contributed by atoms with E-state index >= 15 is 0 Å². The highest BCUT2D eigenvalue weighted by Gasteiger charge is 2.28. The predicted octanol–water partition coefficient (Wildman–Crippen LogP) is 6.91. The lowest BCUT2D eigenvalue weighted by Crippen LogP contribution is -2.23. The monoisotopic (exact) mass is 537 g/mol. The summed E-state index contributed by atoms with van der Waals surface area (Å²) in [4.78, 5) is 25.7. The number of rotatable bonds is 5. The Hall–Kier alpha value is -3.55. The van der Waals surface area contributed by atoms with E-state index in [9.17, 15) is 9.59 Å². The number of furan rings is 2. The second kappa shape index (κ2) is 10.1. The molecule has 0 unspecified atom stereocenters. The predicted molar refractivity (Wildman–Crippen MR) is 145 cm³/mol. The molecule has 2 aromatic heterocycles. The zero-order chi connectivity index (χ0) is 26.3. The molecule has 0 fully saturated rings. The van der Waals surface area contributed by atoms with Gasteiger partial charge >= 0.3 is 0 Å². The number of carbonyl (C=O) groups is 2. The lowest BCUT2D eigenvalue weighted by atomic mass is 9.93. The van der Waals surface area contributed by atoms with E-state index in [2.05, 4.69) is 15.8 Å². The summed E-state index contributed by atoms with van der Waals surface area (Å²) in [5.74, 6) is 0.192. The van der Waals surface area contributed by atoms with E-state index in [0.717, 1.165) is 39.6 Å². The number of benzene rings is 2. The summed E-state index contributed by atoms with van der Waals surface area (Å²) in [6.45, 7) is 5.84. The fraction of sp³-hybridized carbons (Fsp3) is 0.250. The van der Waals surface area contributed by atoms with Gasteiger partial charge in [0.1, 0.15) is 11.3 Å². The fourth-order valence-electron chi connectivity index (χ4n) is 4.63. The summed E-state index contributed by atoms with van der Waals surface area (Å²) in [7, 11) is 0. The van der Waals surface area contributed by atoms with Crippen LogP contribution < -0.4 is 10.7 Å². The van der Waals surface area contributed by atoms with Crippen LogP contribution in [-0.4, -0.2) is 17.5 Å². The normalized spacial score (nSPS) is 14.1. The van der Waals surface area contributed by atoms with Gasteiger partial charge in [-0.15, -0.1) is 0 Å². The molecule has 37 heavy (non-hydrogen) atoms. The molecule has 0 radical (unpaired) electrons. The van der Waals surface area contributed by atoms with Crippen LogP contribution in [0.15, 0.2) is 50.5 Å². The van der Waals surface area contributed by atoms with E-state index in [1.807, 2.05) is 32.9 Å². The van der Waals surface area contributed by atoms with Crippen LogP contribution in [0.25, 0.3) is 11.0 Å². The third kappa shape index (κ3) is 4.89. The number of fused-ring (bicyclic) bond motifs is 2. The Morgan fingerprint density at radius 2 is 1.86 bits per heavy atom. The molecule has 5 rings (SSSR count). The maximum atomic E-state index is 13.0. The Morgan fingerprint density at radius 3 is 2.65 bits per heavy atom. The van der Waals surface area contributed by atoms with E-state index in [1.54, 1.807) is 24.5 Å². The minimum absolute atomic E-state index is 0.138. The van der Waals surface area contributed by atoms with Crippen molar-refractivity contribution in [3.63, 3.8) is 0 Å². The van der Waals surface area contributed by atoms with Gasteiger partial charge in [-0.2, -0.15) is 5.10 Å². The molecule has 1 aliphatic rings. The van der Waals surface area contributed by atoms with Crippen molar-refractivity contribution < 1.29 is 18.4 Å². The van der Waals surface area contributed by atoms with E-state index in [4.69, 9.17) is 32.0 Å². The average Bonchev–Trinajstić information content (AvgIpc) is 3.43. The molecule has 2 aromatic carbocycles. The number of amides is 2. The van der Waals surface area contributed by atoms with Crippen molar-refractivity contribution in [3.8, 4) is 0 Å². The zero-order valence-corrected chi connectivity index (χ0v) is 22.1. The van der Waals surface area contributed by atoms with Crippen LogP contribution in [0.4, 0.5) is 5.69 Å². The van der Waals surface area contributed by atoms with E-state index in [-0.39, 0.29) is 18.1 Å². The van der Waals surface area contributed by atoms with Crippen molar-refractivity contribution in [2.24, 2.45) is 5.10 Å². The van der Waals surface area contributed by atoms with Crippen LogP contribution in [0.3, 0.4) is 0 Å². The Bertz CT molecular complexity index is 1580. The third-order valence-electron chi connectivity index (χ3n) is 6.72. The molecule has 0 atom stereocenters. The van der Waals surface area contributed by atoms with Crippen molar-refractivity contribution >= 4 is 57.4 Å². The van der Waals surface area contributed by atoms with Crippen LogP contribution in [0.5, 0.6) is 0 Å². The highest BCUT2D eigenvalue weighted by atomic mass is 35.5. The summed E-state index contributed by atoms with van der Waals surface area (Å²) >= 11 is 12.1. The van der Waals surface area contributed by atoms with Crippen molar-refractivity contribution in [1.82, 2.24) is 5.43 Å². The first-order valence-corrected chi connectivity index (χ1v) is 12.7. The van der Waals surface area contributed by atoms with E-state index in [1.165, 1.54) is 0 Å². The number of nitrogens with zero attached hydrogens (tertiary/aromatic N) is 1. The maximum absolute atomic E-state index is 13.0. The minimum atomic E-state index is -0.420. The van der Waals surface area contributed by atoms with Crippen molar-refractivity contribution in [3.05, 3.63) is 86.0 Å². The van der Waals surface area contributed by atoms with E-state index in [0.29, 0.717) is 45.6 Å². The second-order valence-electron chi connectivity index (χ2n) is 9.20. The summed E-state index contributed by atoms with van der Waals surface area (Å²) in [5, 5.41) is 8.92. The standard InChI is InChI=1S/C28H25Cl2N3O4/c1-14-7-9-19-17(13-36-26(19)15(14)2)11-24(34)33-32-22-5-4-6-23-25(22)16(3)27(37-23)28(35)31-21-10-8-18(29)12-20(21)30/h7-10,12-13H,4-6,11H2,1-3H3,(H,31,35)(H,33,34)/b32-22+. The maximum Gasteiger partial charge on any atom is 0.291 e. The lowest BCUT2D eigenvalue weighted by molar-refractivity contribution is -0.120. The Balaban J connectivity index is 1.33. The highest BCUT2D eigenvalue weighted by molar-refractivity contribution is 6.36. The molecule has 2 heterocycles. The Labute approximate surface area is 223 Å². The van der Waals surface area contributed by atoms with Gasteiger partial charge in [-0.1, -0.05) is 35.3 Å². The number of hydrogen-bond donors (Lipinski definition) is 2.